The Hall–Kier alpha value is -0.710. The van der Waals surface area contributed by atoms with Gasteiger partial charge < -0.3 is 4.57 Å². The highest BCUT2D eigenvalue weighted by atomic mass is 35.5. The largest absolute Gasteiger partial charge is 0.340 e. The number of benzene rings is 1. The van der Waals surface area contributed by atoms with E-state index in [2.05, 4.69) is 0 Å². The van der Waals surface area contributed by atoms with Crippen LogP contribution in [-0.4, -0.2) is 10.4 Å². The van der Waals surface area contributed by atoms with Gasteiger partial charge in [-0.1, -0.05) is 46.4 Å². The summed E-state index contributed by atoms with van der Waals surface area (Å²) in [4.78, 5) is 12.3. The van der Waals surface area contributed by atoms with Gasteiger partial charge in [0.15, 0.2) is 5.78 Å². The van der Waals surface area contributed by atoms with E-state index in [1.165, 1.54) is 11.3 Å². The van der Waals surface area contributed by atoms with Crippen molar-refractivity contribution in [3.05, 3.63) is 54.7 Å². The molecule has 0 spiro atoms. The van der Waals surface area contributed by atoms with Crippen molar-refractivity contribution in [2.75, 3.05) is 0 Å². The fourth-order valence-electron chi connectivity index (χ4n) is 2.13. The number of carbonyl (C=O) groups is 1. The minimum absolute atomic E-state index is 0.114. The molecule has 0 amide bonds. The number of carbonyl (C=O) groups excluding carboxylic acids is 1. The molecule has 3 aromatic rings. The van der Waals surface area contributed by atoms with Gasteiger partial charge in [0.2, 0.25) is 0 Å². The van der Waals surface area contributed by atoms with Crippen LogP contribution in [0.5, 0.6) is 0 Å². The molecule has 2 nitrogen and oxygen atoms in total. The number of hydrogen-bond donors (Lipinski definition) is 0. The third kappa shape index (κ3) is 2.94. The van der Waals surface area contributed by atoms with Gasteiger partial charge in [-0.3, -0.25) is 4.79 Å². The Morgan fingerprint density at radius 2 is 1.90 bits per heavy atom. The number of Topliss-reactive ketones (excluding diaryl/α,β-unsaturated/α-hetero) is 1. The first-order chi connectivity index (χ1) is 9.95. The third-order valence-corrected chi connectivity index (χ3v) is 5.09. The topological polar surface area (TPSA) is 22.0 Å². The average Bonchev–Trinajstić information content (AvgIpc) is 2.93. The smallest absolute Gasteiger partial charge is 0.184 e. The first kappa shape index (κ1) is 15.2. The van der Waals surface area contributed by atoms with Gasteiger partial charge in [0.1, 0.15) is 4.34 Å². The first-order valence-corrected chi connectivity index (χ1v) is 8.20. The van der Waals surface area contributed by atoms with Crippen molar-refractivity contribution in [1.29, 1.82) is 0 Å². The standard InChI is InChI=1S/C14H7Cl4NOS/c15-7-3-10(16)8-1-2-19(11(8)4-7)6-12(20)9-5-13(17)21-14(9)18/h1-5H,6H2. The van der Waals surface area contributed by atoms with Crippen molar-refractivity contribution in [2.24, 2.45) is 0 Å². The van der Waals surface area contributed by atoms with E-state index in [0.717, 1.165) is 10.9 Å². The Morgan fingerprint density at radius 1 is 1.14 bits per heavy atom. The van der Waals surface area contributed by atoms with E-state index in [1.807, 2.05) is 6.07 Å². The quantitative estimate of drug-likeness (QED) is 0.497. The molecule has 21 heavy (non-hydrogen) atoms. The number of ketones is 1. The molecule has 0 unspecified atom stereocenters. The minimum Gasteiger partial charge on any atom is -0.340 e. The molecule has 7 heteroatoms. The Bertz CT molecular complexity index is 852. The monoisotopic (exact) mass is 377 g/mol. The Morgan fingerprint density at radius 3 is 2.57 bits per heavy atom. The van der Waals surface area contributed by atoms with Gasteiger partial charge in [0.05, 0.1) is 27.0 Å². The summed E-state index contributed by atoms with van der Waals surface area (Å²) in [5, 5.41) is 1.93. The van der Waals surface area contributed by atoms with Crippen molar-refractivity contribution in [2.45, 2.75) is 6.54 Å². The van der Waals surface area contributed by atoms with Crippen LogP contribution < -0.4 is 0 Å². The molecular weight excluding hydrogens is 372 g/mol. The van der Waals surface area contributed by atoms with E-state index in [9.17, 15) is 4.79 Å². The Balaban J connectivity index is 1.99. The zero-order valence-electron chi connectivity index (χ0n) is 10.4. The van der Waals surface area contributed by atoms with Gasteiger partial charge in [-0.15, -0.1) is 11.3 Å². The maximum Gasteiger partial charge on any atom is 0.184 e. The van der Waals surface area contributed by atoms with Gasteiger partial charge in [0, 0.05) is 16.6 Å². The molecule has 0 aliphatic heterocycles. The number of halogens is 4. The van der Waals surface area contributed by atoms with E-state index in [1.54, 1.807) is 29.0 Å². The van der Waals surface area contributed by atoms with Gasteiger partial charge in [-0.2, -0.15) is 0 Å². The molecule has 0 radical (unpaired) electrons. The predicted molar refractivity (Wildman–Crippen MR) is 90.6 cm³/mol. The lowest BCUT2D eigenvalue weighted by molar-refractivity contribution is 0.0974. The second kappa shape index (κ2) is 5.82. The molecule has 3 rings (SSSR count). The summed E-state index contributed by atoms with van der Waals surface area (Å²) in [5.74, 6) is -0.114. The summed E-state index contributed by atoms with van der Waals surface area (Å²) in [6.07, 6.45) is 1.80. The summed E-state index contributed by atoms with van der Waals surface area (Å²) in [7, 11) is 0. The van der Waals surface area contributed by atoms with Gasteiger partial charge in [0.25, 0.3) is 0 Å². The lowest BCUT2D eigenvalue weighted by Crippen LogP contribution is -2.09. The van der Waals surface area contributed by atoms with Gasteiger partial charge >= 0.3 is 0 Å². The highest BCUT2D eigenvalue weighted by Crippen LogP contribution is 2.32. The first-order valence-electron chi connectivity index (χ1n) is 5.87. The number of nitrogens with zero attached hydrogens (tertiary/aromatic N) is 1. The van der Waals surface area contributed by atoms with Crippen molar-refractivity contribution in [3.63, 3.8) is 0 Å². The zero-order chi connectivity index (χ0) is 15.1. The van der Waals surface area contributed by atoms with E-state index in [4.69, 9.17) is 46.4 Å². The summed E-state index contributed by atoms with van der Waals surface area (Å²) >= 11 is 25.2. The lowest BCUT2D eigenvalue weighted by atomic mass is 10.2. The number of hydrogen-bond acceptors (Lipinski definition) is 2. The predicted octanol–water partition coefficient (Wildman–Crippen LogP) is 6.20. The SMILES string of the molecule is O=C(Cn1ccc2c(Cl)cc(Cl)cc21)c1cc(Cl)sc1Cl. The van der Waals surface area contributed by atoms with Crippen LogP contribution in [0, 0.1) is 0 Å². The molecule has 0 saturated heterocycles. The van der Waals surface area contributed by atoms with Crippen LogP contribution in [0.3, 0.4) is 0 Å². The van der Waals surface area contributed by atoms with Crippen LogP contribution in [-0.2, 0) is 6.54 Å². The molecule has 0 N–H and O–H groups in total. The molecule has 0 aliphatic carbocycles. The number of fused-ring (bicyclic) bond motifs is 1. The van der Waals surface area contributed by atoms with Crippen molar-refractivity contribution < 1.29 is 4.79 Å². The fraction of sp³-hybridized carbons (Fsp3) is 0.0714. The molecule has 1 aromatic carbocycles. The Kier molecular flexibility index (Phi) is 4.21. The fourth-order valence-corrected chi connectivity index (χ4v) is 4.17. The molecule has 0 aliphatic rings. The number of thiophene rings is 1. The van der Waals surface area contributed by atoms with Crippen LogP contribution in [0.2, 0.25) is 18.7 Å². The van der Waals surface area contributed by atoms with Crippen LogP contribution in [0.25, 0.3) is 10.9 Å². The summed E-state index contributed by atoms with van der Waals surface area (Å²) in [6, 6.07) is 6.89. The Labute approximate surface area is 144 Å². The van der Waals surface area contributed by atoms with Crippen molar-refractivity contribution >= 4 is 74.4 Å². The molecule has 108 valence electrons. The van der Waals surface area contributed by atoms with E-state index in [-0.39, 0.29) is 12.3 Å². The lowest BCUT2D eigenvalue weighted by Gasteiger charge is -2.05. The second-order valence-electron chi connectivity index (χ2n) is 4.43. The van der Waals surface area contributed by atoms with Crippen molar-refractivity contribution in [3.8, 4) is 0 Å². The van der Waals surface area contributed by atoms with Crippen LogP contribution in [0.4, 0.5) is 0 Å². The van der Waals surface area contributed by atoms with E-state index in [0.29, 0.717) is 24.3 Å². The second-order valence-corrected chi connectivity index (χ2v) is 7.55. The summed E-state index contributed by atoms with van der Waals surface area (Å²) < 4.78 is 2.68. The zero-order valence-corrected chi connectivity index (χ0v) is 14.2. The van der Waals surface area contributed by atoms with Crippen LogP contribution in [0.1, 0.15) is 10.4 Å². The molecule has 2 aromatic heterocycles. The number of aromatic nitrogens is 1. The van der Waals surface area contributed by atoms with E-state index >= 15 is 0 Å². The molecule has 0 bridgehead atoms. The average molecular weight is 379 g/mol. The summed E-state index contributed by atoms with van der Waals surface area (Å²) in [6.45, 7) is 0.146. The minimum atomic E-state index is -0.114. The van der Waals surface area contributed by atoms with Crippen LogP contribution in [0.15, 0.2) is 30.5 Å². The van der Waals surface area contributed by atoms with Crippen molar-refractivity contribution in [1.82, 2.24) is 4.57 Å². The molecule has 2 heterocycles. The van der Waals surface area contributed by atoms with Gasteiger partial charge in [-0.25, -0.2) is 0 Å². The summed E-state index contributed by atoms with van der Waals surface area (Å²) in [5.41, 5.74) is 1.24. The maximum atomic E-state index is 12.3. The number of rotatable bonds is 3. The van der Waals surface area contributed by atoms with Gasteiger partial charge in [-0.05, 0) is 24.3 Å². The maximum absolute atomic E-state index is 12.3. The highest BCUT2D eigenvalue weighted by Gasteiger charge is 2.16. The molecule has 0 atom stereocenters. The third-order valence-electron chi connectivity index (χ3n) is 3.07. The normalized spacial score (nSPS) is 11.2. The van der Waals surface area contributed by atoms with E-state index < -0.39 is 0 Å². The molecule has 0 fully saturated rings. The highest BCUT2D eigenvalue weighted by molar-refractivity contribution is 7.20. The molecular formula is C14H7Cl4NOS. The van der Waals surface area contributed by atoms with Crippen LogP contribution >= 0.6 is 57.7 Å². The molecule has 0 saturated carbocycles.